The van der Waals surface area contributed by atoms with E-state index in [2.05, 4.69) is 4.90 Å². The Morgan fingerprint density at radius 1 is 1.00 bits per heavy atom. The molecule has 162 valence electrons. The molecule has 1 saturated heterocycles. The summed E-state index contributed by atoms with van der Waals surface area (Å²) in [4.78, 5) is 21.3. The molecule has 2 aromatic heterocycles. The van der Waals surface area contributed by atoms with Gasteiger partial charge < -0.3 is 19.0 Å². The monoisotopic (exact) mass is 431 g/mol. The van der Waals surface area contributed by atoms with Crippen LogP contribution in [-0.2, 0) is 6.61 Å². The first-order chi connectivity index (χ1) is 15.7. The maximum Gasteiger partial charge on any atom is 0.289 e. The van der Waals surface area contributed by atoms with Crippen molar-refractivity contribution in [1.82, 2.24) is 9.88 Å². The second-order valence-electron chi connectivity index (χ2n) is 7.67. The van der Waals surface area contributed by atoms with Crippen molar-refractivity contribution in [2.75, 3.05) is 31.1 Å². The van der Waals surface area contributed by atoms with Gasteiger partial charge in [-0.3, -0.25) is 4.79 Å². The minimum absolute atomic E-state index is 0.0887. The van der Waals surface area contributed by atoms with Gasteiger partial charge in [-0.1, -0.05) is 24.3 Å². The summed E-state index contributed by atoms with van der Waals surface area (Å²) >= 11 is 0. The fourth-order valence-corrected chi connectivity index (χ4v) is 3.88. The van der Waals surface area contributed by atoms with Crippen LogP contribution in [-0.4, -0.2) is 42.0 Å². The van der Waals surface area contributed by atoms with Crippen LogP contribution < -0.4 is 9.64 Å². The van der Waals surface area contributed by atoms with E-state index in [1.54, 1.807) is 23.1 Å². The predicted molar refractivity (Wildman–Crippen MR) is 119 cm³/mol. The highest BCUT2D eigenvalue weighted by molar-refractivity contribution is 5.91. The molecule has 0 unspecified atom stereocenters. The van der Waals surface area contributed by atoms with Crippen LogP contribution in [0.4, 0.5) is 10.2 Å². The lowest BCUT2D eigenvalue weighted by molar-refractivity contribution is 0.0714. The number of hydrogen-bond acceptors (Lipinski definition) is 5. The molecule has 0 spiro atoms. The number of amides is 1. The lowest BCUT2D eigenvalue weighted by Crippen LogP contribution is -2.49. The van der Waals surface area contributed by atoms with Crippen molar-refractivity contribution in [3.8, 4) is 5.75 Å². The first kappa shape index (κ1) is 20.1. The number of fused-ring (bicyclic) bond motifs is 1. The number of para-hydroxylation sites is 1. The highest BCUT2D eigenvalue weighted by Gasteiger charge is 2.24. The van der Waals surface area contributed by atoms with Gasteiger partial charge in [0.05, 0.1) is 6.26 Å². The summed E-state index contributed by atoms with van der Waals surface area (Å²) < 4.78 is 24.7. The van der Waals surface area contributed by atoms with Crippen LogP contribution in [0.15, 0.2) is 77.4 Å². The van der Waals surface area contributed by atoms with E-state index in [-0.39, 0.29) is 18.3 Å². The molecule has 0 radical (unpaired) electrons. The number of ether oxygens (including phenoxy) is 1. The molecule has 1 amide bonds. The third-order valence-electron chi connectivity index (χ3n) is 5.57. The Hall–Kier alpha value is -3.87. The number of piperazine rings is 1. The summed E-state index contributed by atoms with van der Waals surface area (Å²) in [6.07, 6.45) is 1.51. The van der Waals surface area contributed by atoms with Crippen molar-refractivity contribution in [3.63, 3.8) is 0 Å². The number of benzene rings is 2. The van der Waals surface area contributed by atoms with Crippen LogP contribution >= 0.6 is 0 Å². The summed E-state index contributed by atoms with van der Waals surface area (Å²) in [7, 11) is 0. The maximum absolute atomic E-state index is 13.5. The van der Waals surface area contributed by atoms with Gasteiger partial charge in [0.2, 0.25) is 0 Å². The van der Waals surface area contributed by atoms with Crippen molar-refractivity contribution < 1.29 is 18.3 Å². The molecule has 0 atom stereocenters. The number of furan rings is 1. The third kappa shape index (κ3) is 4.14. The molecular weight excluding hydrogens is 409 g/mol. The van der Waals surface area contributed by atoms with E-state index < -0.39 is 0 Å². The molecule has 3 heterocycles. The van der Waals surface area contributed by atoms with Gasteiger partial charge in [0.25, 0.3) is 5.91 Å². The number of carbonyl (C=O) groups is 1. The molecular formula is C25H22FN3O3. The van der Waals surface area contributed by atoms with Crippen LogP contribution in [0.3, 0.4) is 0 Å². The number of carbonyl (C=O) groups excluding carboxylic acids is 1. The number of anilines is 1. The topological polar surface area (TPSA) is 58.8 Å². The zero-order valence-electron chi connectivity index (χ0n) is 17.4. The van der Waals surface area contributed by atoms with E-state index >= 15 is 0 Å². The number of rotatable bonds is 5. The quantitative estimate of drug-likeness (QED) is 0.465. The molecule has 5 rings (SSSR count). The molecule has 0 N–H and O–H groups in total. The molecule has 1 aliphatic heterocycles. The fraction of sp³-hybridized carbons (Fsp3) is 0.200. The largest absolute Gasteiger partial charge is 0.487 e. The zero-order chi connectivity index (χ0) is 21.9. The van der Waals surface area contributed by atoms with Crippen LogP contribution in [0.5, 0.6) is 5.75 Å². The van der Waals surface area contributed by atoms with Crippen molar-refractivity contribution in [1.29, 1.82) is 0 Å². The van der Waals surface area contributed by atoms with E-state index in [0.29, 0.717) is 37.7 Å². The van der Waals surface area contributed by atoms with E-state index in [1.807, 2.05) is 36.4 Å². The van der Waals surface area contributed by atoms with Crippen molar-refractivity contribution in [2.45, 2.75) is 6.61 Å². The van der Waals surface area contributed by atoms with Gasteiger partial charge in [0.1, 0.15) is 29.5 Å². The number of aromatic nitrogens is 1. The average Bonchev–Trinajstić information content (AvgIpc) is 3.37. The highest BCUT2D eigenvalue weighted by Crippen LogP contribution is 2.28. The summed E-state index contributed by atoms with van der Waals surface area (Å²) in [6, 6.07) is 19.6. The Morgan fingerprint density at radius 3 is 2.62 bits per heavy atom. The average molecular weight is 431 g/mol. The normalized spacial score (nSPS) is 14.0. The minimum atomic E-state index is -0.283. The van der Waals surface area contributed by atoms with Crippen molar-refractivity contribution in [3.05, 3.63) is 90.1 Å². The standard InChI is InChI=1S/C25H22FN3O3/c26-20-6-1-4-18(16-20)17-32-21-7-2-5-19-9-10-23(27-24(19)21)28-11-13-29(14-12-28)25(30)22-8-3-15-31-22/h1-10,15-16H,11-14,17H2. The van der Waals surface area contributed by atoms with Gasteiger partial charge in [-0.25, -0.2) is 9.37 Å². The van der Waals surface area contributed by atoms with Gasteiger partial charge in [-0.15, -0.1) is 0 Å². The number of halogens is 1. The molecule has 0 aliphatic carbocycles. The highest BCUT2D eigenvalue weighted by atomic mass is 19.1. The minimum Gasteiger partial charge on any atom is -0.487 e. The lowest BCUT2D eigenvalue weighted by atomic mass is 10.2. The molecule has 32 heavy (non-hydrogen) atoms. The second kappa shape index (κ2) is 8.70. The van der Waals surface area contributed by atoms with Gasteiger partial charge >= 0.3 is 0 Å². The molecule has 0 saturated carbocycles. The summed E-state index contributed by atoms with van der Waals surface area (Å²) in [5, 5.41) is 0.970. The van der Waals surface area contributed by atoms with Crippen molar-refractivity contribution in [2.24, 2.45) is 0 Å². The maximum atomic E-state index is 13.5. The van der Waals surface area contributed by atoms with Gasteiger partial charge in [0, 0.05) is 31.6 Å². The molecule has 0 bridgehead atoms. The Labute approximate surface area is 184 Å². The Bertz CT molecular complexity index is 1230. The Kier molecular flexibility index (Phi) is 5.46. The molecule has 6 nitrogen and oxygen atoms in total. The fourth-order valence-electron chi connectivity index (χ4n) is 3.88. The van der Waals surface area contributed by atoms with Crippen molar-refractivity contribution >= 4 is 22.6 Å². The number of pyridine rings is 1. The number of hydrogen-bond donors (Lipinski definition) is 0. The number of nitrogens with zero attached hydrogens (tertiary/aromatic N) is 3. The molecule has 7 heteroatoms. The van der Waals surface area contributed by atoms with Crippen LogP contribution in [0.1, 0.15) is 16.1 Å². The van der Waals surface area contributed by atoms with Gasteiger partial charge in [-0.05, 0) is 48.0 Å². The third-order valence-corrected chi connectivity index (χ3v) is 5.57. The zero-order valence-corrected chi connectivity index (χ0v) is 17.4. The van der Waals surface area contributed by atoms with E-state index in [1.165, 1.54) is 18.4 Å². The Balaban J connectivity index is 1.31. The van der Waals surface area contributed by atoms with Crippen LogP contribution in [0.2, 0.25) is 0 Å². The van der Waals surface area contributed by atoms with E-state index in [0.717, 1.165) is 22.3 Å². The SMILES string of the molecule is O=C(c1ccco1)N1CCN(c2ccc3cccc(OCc4cccc(F)c4)c3n2)CC1. The van der Waals surface area contributed by atoms with E-state index in [9.17, 15) is 9.18 Å². The lowest BCUT2D eigenvalue weighted by Gasteiger charge is -2.35. The summed E-state index contributed by atoms with van der Waals surface area (Å²) in [6.45, 7) is 2.80. The second-order valence-corrected chi connectivity index (χ2v) is 7.67. The Morgan fingerprint density at radius 2 is 1.84 bits per heavy atom. The van der Waals surface area contributed by atoms with Gasteiger partial charge in [0.15, 0.2) is 5.76 Å². The summed E-state index contributed by atoms with van der Waals surface area (Å²) in [5.74, 6) is 1.48. The van der Waals surface area contributed by atoms with E-state index in [4.69, 9.17) is 14.1 Å². The summed E-state index contributed by atoms with van der Waals surface area (Å²) in [5.41, 5.74) is 1.52. The molecule has 4 aromatic rings. The first-order valence-corrected chi connectivity index (χ1v) is 10.5. The first-order valence-electron chi connectivity index (χ1n) is 10.5. The molecule has 2 aromatic carbocycles. The smallest absolute Gasteiger partial charge is 0.289 e. The van der Waals surface area contributed by atoms with Gasteiger partial charge in [-0.2, -0.15) is 0 Å². The molecule has 1 aliphatic rings. The van der Waals surface area contributed by atoms with Crippen LogP contribution in [0.25, 0.3) is 10.9 Å². The van der Waals surface area contributed by atoms with Crippen LogP contribution in [0, 0.1) is 5.82 Å². The molecule has 1 fully saturated rings. The predicted octanol–water partition coefficient (Wildman–Crippen LogP) is 4.51.